The number of benzene rings is 1. The van der Waals surface area contributed by atoms with E-state index in [9.17, 15) is 8.42 Å². The molecule has 0 bridgehead atoms. The van der Waals surface area contributed by atoms with Crippen molar-refractivity contribution in [3.05, 3.63) is 30.3 Å². The zero-order valence-electron chi connectivity index (χ0n) is 12.6. The van der Waals surface area contributed by atoms with Crippen molar-refractivity contribution < 1.29 is 8.42 Å². The second-order valence-corrected chi connectivity index (χ2v) is 8.11. The van der Waals surface area contributed by atoms with Crippen molar-refractivity contribution in [1.29, 1.82) is 0 Å². The number of hydrogen-bond donors (Lipinski definition) is 0. The quantitative estimate of drug-likeness (QED) is 0.860. The Bertz CT molecular complexity index is 743. The summed E-state index contributed by atoms with van der Waals surface area (Å²) in [5, 5.41) is 4.04. The summed E-state index contributed by atoms with van der Waals surface area (Å²) >= 11 is 1.13. The molecule has 22 heavy (non-hydrogen) atoms. The Hall–Kier alpha value is -1.31. The van der Waals surface area contributed by atoms with Gasteiger partial charge in [-0.25, -0.2) is 8.42 Å². The van der Waals surface area contributed by atoms with Crippen LogP contribution in [0.2, 0.25) is 0 Å². The fourth-order valence-corrected chi connectivity index (χ4v) is 6.05. The molecule has 1 saturated heterocycles. The van der Waals surface area contributed by atoms with Crippen LogP contribution in [-0.4, -0.2) is 34.4 Å². The van der Waals surface area contributed by atoms with Gasteiger partial charge in [0.05, 0.1) is 4.88 Å². The number of sulfonamides is 1. The van der Waals surface area contributed by atoms with Crippen molar-refractivity contribution in [2.45, 2.75) is 50.2 Å². The van der Waals surface area contributed by atoms with Crippen LogP contribution in [0.3, 0.4) is 0 Å². The molecule has 0 amide bonds. The second kappa shape index (κ2) is 6.06. The largest absolute Gasteiger partial charge is 0.264 e. The molecule has 0 saturated carbocycles. The molecule has 1 aromatic heterocycles. The fraction of sp³-hybridized carbons (Fsp3) is 0.467. The molecule has 5 nitrogen and oxygen atoms in total. The van der Waals surface area contributed by atoms with Gasteiger partial charge < -0.3 is 0 Å². The summed E-state index contributed by atoms with van der Waals surface area (Å²) in [6.45, 7) is 4.00. The molecule has 0 aliphatic carbocycles. The Morgan fingerprint density at radius 2 is 2.00 bits per heavy atom. The number of nitrogens with zero attached hydrogens (tertiary/aromatic N) is 3. The van der Waals surface area contributed by atoms with E-state index < -0.39 is 10.0 Å². The second-order valence-electron chi connectivity index (χ2n) is 5.60. The fourth-order valence-electron chi connectivity index (χ4n) is 3.08. The zero-order chi connectivity index (χ0) is 15.7. The maximum atomic E-state index is 13.1. The standard InChI is InChI=1S/C15H19N3O2S2/c1-3-13-10-9-11(2)18(13)22(19,20)15-14(21-17-16-15)12-7-5-4-6-8-12/h4-8,11,13H,3,9-10H2,1-2H3/t11-,13+/m0/s1. The van der Waals surface area contributed by atoms with Crippen molar-refractivity contribution in [2.24, 2.45) is 0 Å². The molecule has 0 spiro atoms. The molecule has 7 heteroatoms. The van der Waals surface area contributed by atoms with E-state index in [0.717, 1.165) is 36.4 Å². The van der Waals surface area contributed by atoms with Gasteiger partial charge in [-0.15, -0.1) is 5.10 Å². The van der Waals surface area contributed by atoms with E-state index >= 15 is 0 Å². The highest BCUT2D eigenvalue weighted by Gasteiger charge is 2.41. The predicted octanol–water partition coefficient (Wildman–Crippen LogP) is 3.16. The van der Waals surface area contributed by atoms with E-state index in [1.807, 2.05) is 44.2 Å². The first-order chi connectivity index (χ1) is 10.6. The average Bonchev–Trinajstić information content (AvgIpc) is 3.15. The van der Waals surface area contributed by atoms with Crippen molar-refractivity contribution in [3.63, 3.8) is 0 Å². The monoisotopic (exact) mass is 337 g/mol. The van der Waals surface area contributed by atoms with Crippen LogP contribution in [-0.2, 0) is 10.0 Å². The van der Waals surface area contributed by atoms with Gasteiger partial charge in [-0.3, -0.25) is 0 Å². The third-order valence-corrected chi connectivity index (χ3v) is 7.09. The van der Waals surface area contributed by atoms with Gasteiger partial charge in [0.25, 0.3) is 10.0 Å². The van der Waals surface area contributed by atoms with E-state index in [1.165, 1.54) is 0 Å². The molecule has 1 aliphatic heterocycles. The summed E-state index contributed by atoms with van der Waals surface area (Å²) in [6, 6.07) is 9.53. The van der Waals surface area contributed by atoms with Crippen LogP contribution < -0.4 is 0 Å². The van der Waals surface area contributed by atoms with Gasteiger partial charge in [0.1, 0.15) is 0 Å². The van der Waals surface area contributed by atoms with Crippen molar-refractivity contribution in [3.8, 4) is 10.4 Å². The zero-order valence-corrected chi connectivity index (χ0v) is 14.3. The van der Waals surface area contributed by atoms with Crippen LogP contribution >= 0.6 is 11.5 Å². The summed E-state index contributed by atoms with van der Waals surface area (Å²) in [5.41, 5.74) is 0.843. The van der Waals surface area contributed by atoms with Crippen LogP contribution in [0.15, 0.2) is 35.4 Å². The molecule has 1 aromatic carbocycles. The Balaban J connectivity index is 2.06. The highest BCUT2D eigenvalue weighted by Crippen LogP contribution is 2.36. The molecular formula is C15H19N3O2S2. The maximum absolute atomic E-state index is 13.1. The lowest BCUT2D eigenvalue weighted by molar-refractivity contribution is 0.327. The van der Waals surface area contributed by atoms with Crippen molar-refractivity contribution in [1.82, 2.24) is 13.9 Å². The van der Waals surface area contributed by atoms with Gasteiger partial charge in [-0.1, -0.05) is 41.7 Å². The molecule has 1 aliphatic rings. The molecule has 3 rings (SSSR count). The maximum Gasteiger partial charge on any atom is 0.264 e. The lowest BCUT2D eigenvalue weighted by Gasteiger charge is -2.26. The van der Waals surface area contributed by atoms with Crippen LogP contribution in [0.25, 0.3) is 10.4 Å². The van der Waals surface area contributed by atoms with Crippen LogP contribution in [0.5, 0.6) is 0 Å². The van der Waals surface area contributed by atoms with Crippen LogP contribution in [0, 0.1) is 0 Å². The highest BCUT2D eigenvalue weighted by atomic mass is 32.2. The average molecular weight is 337 g/mol. The van der Waals surface area contributed by atoms with E-state index in [1.54, 1.807) is 4.31 Å². The van der Waals surface area contributed by atoms with E-state index in [4.69, 9.17) is 0 Å². The van der Waals surface area contributed by atoms with Crippen LogP contribution in [0.1, 0.15) is 33.1 Å². The third kappa shape index (κ3) is 2.57. The molecule has 0 unspecified atom stereocenters. The first kappa shape index (κ1) is 15.6. The molecule has 2 atom stereocenters. The summed E-state index contributed by atoms with van der Waals surface area (Å²) in [5.74, 6) is 0. The van der Waals surface area contributed by atoms with Crippen molar-refractivity contribution in [2.75, 3.05) is 0 Å². The Labute approximate surface area is 135 Å². The first-order valence-electron chi connectivity index (χ1n) is 7.47. The summed E-state index contributed by atoms with van der Waals surface area (Å²) in [4.78, 5) is 0.620. The number of hydrogen-bond acceptors (Lipinski definition) is 5. The Kier molecular flexibility index (Phi) is 4.29. The Morgan fingerprint density at radius 3 is 2.68 bits per heavy atom. The summed E-state index contributed by atoms with van der Waals surface area (Å²) < 4.78 is 31.7. The molecule has 2 aromatic rings. The minimum atomic E-state index is -3.61. The van der Waals surface area contributed by atoms with Gasteiger partial charge in [-0.05, 0) is 43.3 Å². The predicted molar refractivity (Wildman–Crippen MR) is 87.1 cm³/mol. The third-order valence-electron chi connectivity index (χ3n) is 4.20. The van der Waals surface area contributed by atoms with E-state index in [-0.39, 0.29) is 17.1 Å². The van der Waals surface area contributed by atoms with Gasteiger partial charge in [0.2, 0.25) is 5.03 Å². The lowest BCUT2D eigenvalue weighted by Crippen LogP contribution is -2.40. The SMILES string of the molecule is CC[C@@H]1CC[C@H](C)N1S(=O)(=O)c1nnsc1-c1ccccc1. The van der Waals surface area contributed by atoms with E-state index in [2.05, 4.69) is 9.59 Å². The summed E-state index contributed by atoms with van der Waals surface area (Å²) in [6.07, 6.45) is 2.63. The molecule has 0 radical (unpaired) electrons. The minimum Gasteiger partial charge on any atom is -0.205 e. The number of rotatable bonds is 4. The lowest BCUT2D eigenvalue weighted by atomic mass is 10.2. The van der Waals surface area contributed by atoms with Gasteiger partial charge >= 0.3 is 0 Å². The summed E-state index contributed by atoms with van der Waals surface area (Å²) in [7, 11) is -3.61. The Morgan fingerprint density at radius 1 is 1.27 bits per heavy atom. The molecule has 2 heterocycles. The highest BCUT2D eigenvalue weighted by molar-refractivity contribution is 7.89. The van der Waals surface area contributed by atoms with Gasteiger partial charge in [0.15, 0.2) is 0 Å². The molecule has 118 valence electrons. The topological polar surface area (TPSA) is 63.2 Å². The van der Waals surface area contributed by atoms with Gasteiger partial charge in [0, 0.05) is 12.1 Å². The van der Waals surface area contributed by atoms with Crippen molar-refractivity contribution >= 4 is 21.6 Å². The van der Waals surface area contributed by atoms with Gasteiger partial charge in [-0.2, -0.15) is 4.31 Å². The molecular weight excluding hydrogens is 318 g/mol. The number of aromatic nitrogens is 2. The smallest absolute Gasteiger partial charge is 0.205 e. The molecule has 0 N–H and O–H groups in total. The first-order valence-corrected chi connectivity index (χ1v) is 9.68. The molecule has 1 fully saturated rings. The van der Waals surface area contributed by atoms with Crippen LogP contribution in [0.4, 0.5) is 0 Å². The normalized spacial score (nSPS) is 23.0. The van der Waals surface area contributed by atoms with E-state index in [0.29, 0.717) is 4.88 Å². The minimum absolute atomic E-state index is 0.0141.